The number of anilines is 1. The van der Waals surface area contributed by atoms with Crippen molar-refractivity contribution in [2.24, 2.45) is 0 Å². The van der Waals surface area contributed by atoms with Gasteiger partial charge in [0.2, 0.25) is 11.8 Å². The number of aromatic nitrogens is 2. The number of rotatable bonds is 8. The minimum absolute atomic E-state index is 0.105. The average molecular weight is 390 g/mol. The fourth-order valence-electron chi connectivity index (χ4n) is 3.11. The summed E-state index contributed by atoms with van der Waals surface area (Å²) in [6.07, 6.45) is 4.58. The highest BCUT2D eigenvalue weighted by atomic mass is 35.5. The van der Waals surface area contributed by atoms with E-state index in [2.05, 4.69) is 17.3 Å². The third-order valence-electron chi connectivity index (χ3n) is 4.82. The van der Waals surface area contributed by atoms with Crippen LogP contribution in [0, 0.1) is 20.8 Å². The van der Waals surface area contributed by atoms with Crippen LogP contribution in [0.1, 0.15) is 66.3 Å². The van der Waals surface area contributed by atoms with Crippen LogP contribution in [0.3, 0.4) is 0 Å². The molecule has 1 aromatic carbocycles. The van der Waals surface area contributed by atoms with E-state index in [0.29, 0.717) is 10.7 Å². The van der Waals surface area contributed by atoms with E-state index in [9.17, 15) is 9.59 Å². The lowest BCUT2D eigenvalue weighted by molar-refractivity contribution is -0.116. The Hall–Kier alpha value is -2.14. The first kappa shape index (κ1) is 21.2. The van der Waals surface area contributed by atoms with E-state index in [4.69, 9.17) is 11.6 Å². The summed E-state index contributed by atoms with van der Waals surface area (Å²) < 4.78 is 1.45. The predicted octanol–water partition coefficient (Wildman–Crippen LogP) is 5.25. The molecular weight excluding hydrogens is 362 g/mol. The zero-order valence-corrected chi connectivity index (χ0v) is 17.3. The number of carbonyl (C=O) groups excluding carboxylic acids is 2. The molecule has 1 amide bonds. The van der Waals surface area contributed by atoms with Gasteiger partial charge in [-0.25, -0.2) is 4.68 Å². The molecule has 5 nitrogen and oxygen atoms in total. The fraction of sp³-hybridized carbons (Fsp3) is 0.476. The summed E-state index contributed by atoms with van der Waals surface area (Å²) in [6, 6.07) is 5.35. The fourth-order valence-corrected chi connectivity index (χ4v) is 3.29. The molecule has 0 aliphatic carbocycles. The molecule has 6 heteroatoms. The van der Waals surface area contributed by atoms with Gasteiger partial charge in [0.25, 0.3) is 0 Å². The monoisotopic (exact) mass is 389 g/mol. The van der Waals surface area contributed by atoms with Crippen molar-refractivity contribution in [3.8, 4) is 0 Å². The van der Waals surface area contributed by atoms with Crippen molar-refractivity contribution in [2.45, 2.75) is 66.2 Å². The SMILES string of the molecule is CCCCCc1c(C)nn(C(=O)CCC(=O)Nc2cccc(Cl)c2C)c1C. The van der Waals surface area contributed by atoms with Crippen molar-refractivity contribution in [1.29, 1.82) is 0 Å². The molecule has 1 N–H and O–H groups in total. The van der Waals surface area contributed by atoms with Gasteiger partial charge < -0.3 is 5.32 Å². The number of nitrogens with one attached hydrogen (secondary N) is 1. The summed E-state index contributed by atoms with van der Waals surface area (Å²) in [5.74, 6) is -0.367. The van der Waals surface area contributed by atoms with Crippen LogP contribution in [-0.2, 0) is 11.2 Å². The molecule has 0 unspecified atom stereocenters. The molecule has 2 rings (SSSR count). The van der Waals surface area contributed by atoms with Crippen molar-refractivity contribution in [1.82, 2.24) is 9.78 Å². The number of benzene rings is 1. The number of hydrogen-bond acceptors (Lipinski definition) is 3. The minimum atomic E-state index is -0.210. The molecule has 0 saturated heterocycles. The second kappa shape index (κ2) is 9.70. The largest absolute Gasteiger partial charge is 0.326 e. The van der Waals surface area contributed by atoms with Gasteiger partial charge in [-0.05, 0) is 56.9 Å². The Kier molecular flexibility index (Phi) is 7.60. The molecule has 146 valence electrons. The summed E-state index contributed by atoms with van der Waals surface area (Å²) in [7, 11) is 0. The third kappa shape index (κ3) is 5.42. The van der Waals surface area contributed by atoms with Crippen LogP contribution in [0.25, 0.3) is 0 Å². The quantitative estimate of drug-likeness (QED) is 0.627. The number of halogens is 1. The van der Waals surface area contributed by atoms with Crippen LogP contribution < -0.4 is 5.32 Å². The topological polar surface area (TPSA) is 64.0 Å². The summed E-state index contributed by atoms with van der Waals surface area (Å²) in [4.78, 5) is 24.7. The number of hydrogen-bond donors (Lipinski definition) is 1. The molecule has 1 heterocycles. The second-order valence-corrected chi connectivity index (χ2v) is 7.28. The first-order valence-corrected chi connectivity index (χ1v) is 9.86. The van der Waals surface area contributed by atoms with Gasteiger partial charge in [-0.1, -0.05) is 37.4 Å². The molecule has 0 atom stereocenters. The normalized spacial score (nSPS) is 10.9. The Bertz CT molecular complexity index is 827. The molecule has 0 saturated carbocycles. The highest BCUT2D eigenvalue weighted by Gasteiger charge is 2.17. The van der Waals surface area contributed by atoms with Crippen LogP contribution in [0.5, 0.6) is 0 Å². The Morgan fingerprint density at radius 2 is 1.89 bits per heavy atom. The maximum absolute atomic E-state index is 12.5. The summed E-state index contributed by atoms with van der Waals surface area (Å²) in [6.45, 7) is 7.88. The zero-order valence-electron chi connectivity index (χ0n) is 16.6. The van der Waals surface area contributed by atoms with E-state index in [0.717, 1.165) is 41.8 Å². The van der Waals surface area contributed by atoms with Crippen molar-refractivity contribution in [3.63, 3.8) is 0 Å². The first-order valence-electron chi connectivity index (χ1n) is 9.48. The van der Waals surface area contributed by atoms with Gasteiger partial charge in [-0.3, -0.25) is 9.59 Å². The minimum Gasteiger partial charge on any atom is -0.326 e. The maximum Gasteiger partial charge on any atom is 0.247 e. The van der Waals surface area contributed by atoms with Crippen LogP contribution in [0.2, 0.25) is 5.02 Å². The molecule has 0 aliphatic heterocycles. The molecule has 0 radical (unpaired) electrons. The lowest BCUT2D eigenvalue weighted by Crippen LogP contribution is -2.19. The number of aryl methyl sites for hydroxylation is 1. The lowest BCUT2D eigenvalue weighted by atomic mass is 10.1. The van der Waals surface area contributed by atoms with E-state index < -0.39 is 0 Å². The van der Waals surface area contributed by atoms with Crippen molar-refractivity contribution in [2.75, 3.05) is 5.32 Å². The van der Waals surface area contributed by atoms with Crippen LogP contribution >= 0.6 is 11.6 Å². The van der Waals surface area contributed by atoms with Gasteiger partial charge in [0.1, 0.15) is 0 Å². The van der Waals surface area contributed by atoms with Gasteiger partial charge in [0, 0.05) is 29.2 Å². The smallest absolute Gasteiger partial charge is 0.247 e. The molecule has 0 bridgehead atoms. The van der Waals surface area contributed by atoms with E-state index in [1.54, 1.807) is 18.2 Å². The Labute approximate surface area is 166 Å². The Morgan fingerprint density at radius 3 is 2.59 bits per heavy atom. The maximum atomic E-state index is 12.5. The standard InChI is InChI=1S/C21H28ClN3O2/c1-5-6-7-9-17-15(3)24-25(16(17)4)21(27)13-12-20(26)23-19-11-8-10-18(22)14(19)2/h8,10-11H,5-7,9,12-13H2,1-4H3,(H,23,26). The predicted molar refractivity (Wildman–Crippen MR) is 110 cm³/mol. The highest BCUT2D eigenvalue weighted by molar-refractivity contribution is 6.31. The van der Waals surface area contributed by atoms with Gasteiger partial charge in [0.15, 0.2) is 0 Å². The van der Waals surface area contributed by atoms with Gasteiger partial charge in [-0.2, -0.15) is 5.10 Å². The second-order valence-electron chi connectivity index (χ2n) is 6.87. The van der Waals surface area contributed by atoms with Gasteiger partial charge in [-0.15, -0.1) is 0 Å². The molecular formula is C21H28ClN3O2. The van der Waals surface area contributed by atoms with Crippen molar-refractivity contribution >= 4 is 29.1 Å². The summed E-state index contributed by atoms with van der Waals surface area (Å²) in [5.41, 5.74) is 4.42. The van der Waals surface area contributed by atoms with Crippen LogP contribution in [0.4, 0.5) is 5.69 Å². The van der Waals surface area contributed by atoms with Crippen LogP contribution in [-0.4, -0.2) is 21.6 Å². The van der Waals surface area contributed by atoms with E-state index in [1.807, 2.05) is 20.8 Å². The number of nitrogens with zero attached hydrogens (tertiary/aromatic N) is 2. The van der Waals surface area contributed by atoms with E-state index in [-0.39, 0.29) is 24.7 Å². The van der Waals surface area contributed by atoms with Gasteiger partial charge in [0.05, 0.1) is 5.69 Å². The molecule has 1 aromatic heterocycles. The molecule has 0 spiro atoms. The highest BCUT2D eigenvalue weighted by Crippen LogP contribution is 2.23. The van der Waals surface area contributed by atoms with E-state index in [1.165, 1.54) is 11.1 Å². The van der Waals surface area contributed by atoms with Crippen molar-refractivity contribution < 1.29 is 9.59 Å². The number of amides is 1. The van der Waals surface area contributed by atoms with E-state index >= 15 is 0 Å². The first-order chi connectivity index (χ1) is 12.8. The molecule has 0 aliphatic rings. The summed E-state index contributed by atoms with van der Waals surface area (Å²) in [5, 5.41) is 7.81. The Morgan fingerprint density at radius 1 is 1.15 bits per heavy atom. The molecule has 0 fully saturated rings. The average Bonchev–Trinajstić information content (AvgIpc) is 2.92. The van der Waals surface area contributed by atoms with Gasteiger partial charge >= 0.3 is 0 Å². The molecule has 2 aromatic rings. The summed E-state index contributed by atoms with van der Waals surface area (Å²) >= 11 is 6.07. The van der Waals surface area contributed by atoms with Crippen molar-refractivity contribution in [3.05, 3.63) is 45.7 Å². The zero-order chi connectivity index (χ0) is 20.0. The number of unbranched alkanes of at least 4 members (excludes halogenated alkanes) is 2. The Balaban J connectivity index is 1.96. The lowest BCUT2D eigenvalue weighted by Gasteiger charge is -2.09. The van der Waals surface area contributed by atoms with Crippen LogP contribution in [0.15, 0.2) is 18.2 Å². The third-order valence-corrected chi connectivity index (χ3v) is 5.22. The number of carbonyl (C=O) groups is 2. The molecule has 27 heavy (non-hydrogen) atoms.